The maximum atomic E-state index is 4.43. The van der Waals surface area contributed by atoms with E-state index in [-0.39, 0.29) is 0 Å². The number of aromatic nitrogens is 3. The molecule has 2 heterocycles. The number of benzene rings is 1. The van der Waals surface area contributed by atoms with Crippen molar-refractivity contribution in [2.45, 2.75) is 39.8 Å². The van der Waals surface area contributed by atoms with Gasteiger partial charge in [-0.25, -0.2) is 0 Å². The molecule has 0 radical (unpaired) electrons. The molecule has 0 saturated carbocycles. The molecule has 0 spiro atoms. The summed E-state index contributed by atoms with van der Waals surface area (Å²) in [5.74, 6) is 2.59. The predicted octanol–water partition coefficient (Wildman–Crippen LogP) is 2.81. The van der Waals surface area contributed by atoms with Gasteiger partial charge in [-0.15, -0.1) is 10.2 Å². The number of nitrogens with one attached hydrogen (secondary N) is 1. The van der Waals surface area contributed by atoms with Gasteiger partial charge in [0.2, 0.25) is 0 Å². The van der Waals surface area contributed by atoms with Gasteiger partial charge in [-0.1, -0.05) is 45.0 Å². The highest BCUT2D eigenvalue weighted by atomic mass is 15.3. The van der Waals surface area contributed by atoms with Crippen LogP contribution in [0.15, 0.2) is 24.3 Å². The van der Waals surface area contributed by atoms with Crippen LogP contribution in [-0.4, -0.2) is 21.3 Å². The highest BCUT2D eigenvalue weighted by Crippen LogP contribution is 2.27. The summed E-state index contributed by atoms with van der Waals surface area (Å²) in [7, 11) is 0. The standard InChI is InChI=1S/C16H22N4/c1-4-12-5-7-13(8-6-12)15-18-19-16-14(11(2)3)17-9-10-20(15)16/h5-8,11,14,17H,4,9-10H2,1-3H3. The van der Waals surface area contributed by atoms with Crippen LogP contribution in [0, 0.1) is 5.92 Å². The lowest BCUT2D eigenvalue weighted by Gasteiger charge is -2.27. The molecule has 1 aliphatic rings. The highest BCUT2D eigenvalue weighted by Gasteiger charge is 2.27. The lowest BCUT2D eigenvalue weighted by atomic mass is 10.0. The van der Waals surface area contributed by atoms with E-state index in [0.29, 0.717) is 12.0 Å². The molecule has 2 aromatic rings. The second kappa shape index (κ2) is 5.37. The Balaban J connectivity index is 1.99. The Morgan fingerprint density at radius 2 is 2.00 bits per heavy atom. The number of aryl methyl sites for hydroxylation is 1. The second-order valence-corrected chi connectivity index (χ2v) is 5.76. The Morgan fingerprint density at radius 3 is 2.65 bits per heavy atom. The molecule has 1 aromatic carbocycles. The van der Waals surface area contributed by atoms with Gasteiger partial charge in [-0.2, -0.15) is 0 Å². The van der Waals surface area contributed by atoms with Gasteiger partial charge in [0.25, 0.3) is 0 Å². The minimum Gasteiger partial charge on any atom is -0.308 e. The quantitative estimate of drug-likeness (QED) is 0.932. The van der Waals surface area contributed by atoms with Crippen molar-refractivity contribution < 1.29 is 0 Å². The third kappa shape index (κ3) is 2.24. The van der Waals surface area contributed by atoms with Crippen LogP contribution in [0.1, 0.15) is 38.2 Å². The molecule has 1 unspecified atom stereocenters. The predicted molar refractivity (Wildman–Crippen MR) is 80.4 cm³/mol. The molecule has 0 fully saturated rings. The average molecular weight is 270 g/mol. The normalized spacial score (nSPS) is 18.3. The maximum Gasteiger partial charge on any atom is 0.164 e. The molecule has 0 saturated heterocycles. The summed E-state index contributed by atoms with van der Waals surface area (Å²) >= 11 is 0. The van der Waals surface area contributed by atoms with Crippen LogP contribution in [0.3, 0.4) is 0 Å². The van der Waals surface area contributed by atoms with Crippen molar-refractivity contribution >= 4 is 0 Å². The van der Waals surface area contributed by atoms with Crippen LogP contribution in [0.4, 0.5) is 0 Å². The summed E-state index contributed by atoms with van der Waals surface area (Å²) in [5, 5.41) is 12.4. The minimum absolute atomic E-state index is 0.305. The average Bonchev–Trinajstić information content (AvgIpc) is 2.91. The molecule has 0 bridgehead atoms. The van der Waals surface area contributed by atoms with Crippen LogP contribution in [0.25, 0.3) is 11.4 Å². The molecule has 3 rings (SSSR count). The minimum atomic E-state index is 0.305. The van der Waals surface area contributed by atoms with E-state index in [4.69, 9.17) is 0 Å². The number of hydrogen-bond donors (Lipinski definition) is 1. The molecule has 4 heteroatoms. The molecule has 0 amide bonds. The monoisotopic (exact) mass is 270 g/mol. The zero-order valence-corrected chi connectivity index (χ0v) is 12.4. The lowest BCUT2D eigenvalue weighted by Crippen LogP contribution is -2.36. The van der Waals surface area contributed by atoms with Gasteiger partial charge in [0.1, 0.15) is 0 Å². The van der Waals surface area contributed by atoms with Crippen LogP contribution < -0.4 is 5.32 Å². The van der Waals surface area contributed by atoms with Crippen molar-refractivity contribution in [1.29, 1.82) is 0 Å². The molecule has 1 atom stereocenters. The Kier molecular flexibility index (Phi) is 3.57. The fourth-order valence-electron chi connectivity index (χ4n) is 2.83. The van der Waals surface area contributed by atoms with Crippen LogP contribution in [-0.2, 0) is 13.0 Å². The summed E-state index contributed by atoms with van der Waals surface area (Å²) < 4.78 is 2.27. The van der Waals surface area contributed by atoms with Gasteiger partial charge in [0.05, 0.1) is 6.04 Å². The fraction of sp³-hybridized carbons (Fsp3) is 0.500. The fourth-order valence-corrected chi connectivity index (χ4v) is 2.83. The molecular formula is C16H22N4. The summed E-state index contributed by atoms with van der Waals surface area (Å²) in [6.07, 6.45) is 1.07. The Hall–Kier alpha value is -1.68. The van der Waals surface area contributed by atoms with E-state index in [0.717, 1.165) is 36.7 Å². The highest BCUT2D eigenvalue weighted by molar-refractivity contribution is 5.56. The molecule has 0 aliphatic carbocycles. The molecule has 1 N–H and O–H groups in total. The first-order chi connectivity index (χ1) is 9.70. The van der Waals surface area contributed by atoms with E-state index < -0.39 is 0 Å². The van der Waals surface area contributed by atoms with Crippen molar-refractivity contribution in [3.63, 3.8) is 0 Å². The number of fused-ring (bicyclic) bond motifs is 1. The number of nitrogens with zero attached hydrogens (tertiary/aromatic N) is 3. The first-order valence-corrected chi connectivity index (χ1v) is 7.46. The second-order valence-electron chi connectivity index (χ2n) is 5.76. The summed E-state index contributed by atoms with van der Waals surface area (Å²) in [6, 6.07) is 8.97. The van der Waals surface area contributed by atoms with Crippen molar-refractivity contribution in [2.75, 3.05) is 6.54 Å². The van der Waals surface area contributed by atoms with E-state index in [1.54, 1.807) is 0 Å². The smallest absolute Gasteiger partial charge is 0.164 e. The van der Waals surface area contributed by atoms with Crippen molar-refractivity contribution in [1.82, 2.24) is 20.1 Å². The topological polar surface area (TPSA) is 42.7 Å². The van der Waals surface area contributed by atoms with Crippen LogP contribution in [0.5, 0.6) is 0 Å². The van der Waals surface area contributed by atoms with Gasteiger partial charge < -0.3 is 9.88 Å². The van der Waals surface area contributed by atoms with Gasteiger partial charge in [0.15, 0.2) is 11.6 Å². The number of hydrogen-bond acceptors (Lipinski definition) is 3. The van der Waals surface area contributed by atoms with Gasteiger partial charge in [-0.05, 0) is 17.9 Å². The van der Waals surface area contributed by atoms with E-state index in [9.17, 15) is 0 Å². The molecular weight excluding hydrogens is 248 g/mol. The van der Waals surface area contributed by atoms with Crippen LogP contribution in [0.2, 0.25) is 0 Å². The SMILES string of the molecule is CCc1ccc(-c2nnc3n2CCNC3C(C)C)cc1. The van der Waals surface area contributed by atoms with Gasteiger partial charge >= 0.3 is 0 Å². The maximum absolute atomic E-state index is 4.43. The molecule has 1 aromatic heterocycles. The van der Waals surface area contributed by atoms with Crippen LogP contribution >= 0.6 is 0 Å². The zero-order chi connectivity index (χ0) is 14.1. The first kappa shape index (κ1) is 13.3. The van der Waals surface area contributed by atoms with Gasteiger partial charge in [-0.3, -0.25) is 0 Å². The van der Waals surface area contributed by atoms with E-state index >= 15 is 0 Å². The van der Waals surface area contributed by atoms with E-state index in [2.05, 4.69) is 65.1 Å². The zero-order valence-electron chi connectivity index (χ0n) is 12.4. The molecule has 106 valence electrons. The summed E-state index contributed by atoms with van der Waals surface area (Å²) in [6.45, 7) is 8.53. The summed E-state index contributed by atoms with van der Waals surface area (Å²) in [5.41, 5.74) is 2.51. The third-order valence-corrected chi connectivity index (χ3v) is 4.04. The van der Waals surface area contributed by atoms with Gasteiger partial charge in [0, 0.05) is 18.7 Å². The first-order valence-electron chi connectivity index (χ1n) is 7.46. The Labute approximate surface area is 120 Å². The largest absolute Gasteiger partial charge is 0.308 e. The Morgan fingerprint density at radius 1 is 1.25 bits per heavy atom. The molecule has 20 heavy (non-hydrogen) atoms. The molecule has 1 aliphatic heterocycles. The van der Waals surface area contributed by atoms with Crippen molar-refractivity contribution in [3.05, 3.63) is 35.7 Å². The lowest BCUT2D eigenvalue weighted by molar-refractivity contribution is 0.339. The van der Waals surface area contributed by atoms with Crippen molar-refractivity contribution in [2.24, 2.45) is 5.92 Å². The number of rotatable bonds is 3. The van der Waals surface area contributed by atoms with E-state index in [1.165, 1.54) is 5.56 Å². The summed E-state index contributed by atoms with van der Waals surface area (Å²) in [4.78, 5) is 0. The van der Waals surface area contributed by atoms with E-state index in [1.807, 2.05) is 0 Å². The van der Waals surface area contributed by atoms with Crippen molar-refractivity contribution in [3.8, 4) is 11.4 Å². The molecule has 4 nitrogen and oxygen atoms in total. The Bertz CT molecular complexity index is 583. The third-order valence-electron chi connectivity index (χ3n) is 4.04.